The van der Waals surface area contributed by atoms with E-state index < -0.39 is 0 Å². The number of pyridine rings is 1. The van der Waals surface area contributed by atoms with E-state index in [4.69, 9.17) is 4.74 Å². The van der Waals surface area contributed by atoms with E-state index in [1.54, 1.807) is 18.3 Å². The Labute approximate surface area is 152 Å². The van der Waals surface area contributed by atoms with Crippen LogP contribution < -0.4 is 15.5 Å². The van der Waals surface area contributed by atoms with Crippen molar-refractivity contribution in [2.75, 3.05) is 37.7 Å². The molecule has 26 heavy (non-hydrogen) atoms. The summed E-state index contributed by atoms with van der Waals surface area (Å²) in [6.45, 7) is 3.87. The minimum atomic E-state index is -0.257. The summed E-state index contributed by atoms with van der Waals surface area (Å²) in [5.74, 6) is 0.634. The summed E-state index contributed by atoms with van der Waals surface area (Å²) >= 11 is 0. The minimum Gasteiger partial charge on any atom is -0.378 e. The fourth-order valence-corrected chi connectivity index (χ4v) is 2.84. The molecule has 3 rings (SSSR count). The number of aromatic nitrogens is 1. The lowest BCUT2D eigenvalue weighted by Gasteiger charge is -2.29. The van der Waals surface area contributed by atoms with Crippen molar-refractivity contribution in [1.29, 1.82) is 0 Å². The second kappa shape index (κ2) is 9.15. The summed E-state index contributed by atoms with van der Waals surface area (Å²) in [5.41, 5.74) is 1.96. The summed E-state index contributed by atoms with van der Waals surface area (Å²) in [6, 6.07) is 9.89. The second-order valence-electron chi connectivity index (χ2n) is 6.07. The van der Waals surface area contributed by atoms with Crippen LogP contribution in [0.2, 0.25) is 0 Å². The SMILES string of the molecule is O=C(NCCc1ccc(F)cc1)NCc1cccnc1N1CCOCC1. The number of amides is 2. The highest BCUT2D eigenvalue weighted by Crippen LogP contribution is 2.18. The molecule has 0 bridgehead atoms. The quantitative estimate of drug-likeness (QED) is 0.830. The summed E-state index contributed by atoms with van der Waals surface area (Å²) in [4.78, 5) is 18.6. The fourth-order valence-electron chi connectivity index (χ4n) is 2.84. The van der Waals surface area contributed by atoms with Gasteiger partial charge in [0.05, 0.1) is 13.2 Å². The van der Waals surface area contributed by atoms with Crippen LogP contribution in [0.1, 0.15) is 11.1 Å². The Bertz CT molecular complexity index is 718. The number of nitrogens with zero attached hydrogens (tertiary/aromatic N) is 2. The zero-order chi connectivity index (χ0) is 18.2. The molecule has 2 amide bonds. The molecule has 0 spiro atoms. The predicted molar refractivity (Wildman–Crippen MR) is 97.6 cm³/mol. The van der Waals surface area contributed by atoms with Crippen LogP contribution in [0.25, 0.3) is 0 Å². The molecule has 1 fully saturated rings. The van der Waals surface area contributed by atoms with Gasteiger partial charge >= 0.3 is 6.03 Å². The van der Waals surface area contributed by atoms with Gasteiger partial charge in [-0.2, -0.15) is 0 Å². The van der Waals surface area contributed by atoms with Gasteiger partial charge in [0, 0.05) is 37.9 Å². The maximum atomic E-state index is 12.9. The van der Waals surface area contributed by atoms with Crippen molar-refractivity contribution in [3.05, 3.63) is 59.5 Å². The van der Waals surface area contributed by atoms with Crippen molar-refractivity contribution in [2.45, 2.75) is 13.0 Å². The van der Waals surface area contributed by atoms with E-state index in [2.05, 4.69) is 20.5 Å². The van der Waals surface area contributed by atoms with Crippen molar-refractivity contribution in [2.24, 2.45) is 0 Å². The lowest BCUT2D eigenvalue weighted by Crippen LogP contribution is -2.39. The summed E-state index contributed by atoms with van der Waals surface area (Å²) < 4.78 is 18.2. The highest BCUT2D eigenvalue weighted by Gasteiger charge is 2.16. The van der Waals surface area contributed by atoms with Gasteiger partial charge < -0.3 is 20.3 Å². The number of carbonyl (C=O) groups is 1. The van der Waals surface area contributed by atoms with Crippen LogP contribution >= 0.6 is 0 Å². The van der Waals surface area contributed by atoms with Gasteiger partial charge in [-0.1, -0.05) is 18.2 Å². The Balaban J connectivity index is 1.46. The van der Waals surface area contributed by atoms with Crippen molar-refractivity contribution >= 4 is 11.8 Å². The normalized spacial score (nSPS) is 14.1. The zero-order valence-electron chi connectivity index (χ0n) is 14.6. The molecule has 0 radical (unpaired) electrons. The largest absolute Gasteiger partial charge is 0.378 e. The van der Waals surface area contributed by atoms with E-state index in [9.17, 15) is 9.18 Å². The van der Waals surface area contributed by atoms with Crippen molar-refractivity contribution in [3.8, 4) is 0 Å². The van der Waals surface area contributed by atoms with Crippen LogP contribution in [-0.4, -0.2) is 43.9 Å². The van der Waals surface area contributed by atoms with E-state index >= 15 is 0 Å². The number of hydrogen-bond acceptors (Lipinski definition) is 4. The van der Waals surface area contributed by atoms with Crippen molar-refractivity contribution < 1.29 is 13.9 Å². The molecule has 0 atom stereocenters. The molecule has 2 heterocycles. The molecule has 6 nitrogen and oxygen atoms in total. The highest BCUT2D eigenvalue weighted by atomic mass is 19.1. The van der Waals surface area contributed by atoms with Crippen LogP contribution in [0, 0.1) is 5.82 Å². The molecule has 138 valence electrons. The average Bonchev–Trinajstić information content (AvgIpc) is 2.69. The number of ether oxygens (including phenoxy) is 1. The number of anilines is 1. The molecule has 0 unspecified atom stereocenters. The number of halogens is 1. The molecule has 1 aromatic heterocycles. The average molecular weight is 358 g/mol. The van der Waals surface area contributed by atoms with Crippen LogP contribution in [0.5, 0.6) is 0 Å². The molecule has 0 saturated carbocycles. The molecule has 1 aliphatic heterocycles. The molecule has 2 N–H and O–H groups in total. The van der Waals surface area contributed by atoms with Gasteiger partial charge in [-0.05, 0) is 30.2 Å². The number of morpholine rings is 1. The minimum absolute atomic E-state index is 0.233. The topological polar surface area (TPSA) is 66.5 Å². The van der Waals surface area contributed by atoms with Gasteiger partial charge in [0.15, 0.2) is 0 Å². The van der Waals surface area contributed by atoms with Gasteiger partial charge in [-0.3, -0.25) is 0 Å². The monoisotopic (exact) mass is 358 g/mol. The van der Waals surface area contributed by atoms with E-state index in [0.29, 0.717) is 32.7 Å². The first-order chi connectivity index (χ1) is 12.7. The van der Waals surface area contributed by atoms with Gasteiger partial charge in [-0.15, -0.1) is 0 Å². The second-order valence-corrected chi connectivity index (χ2v) is 6.07. The first kappa shape index (κ1) is 18.1. The number of rotatable bonds is 6. The van der Waals surface area contributed by atoms with Gasteiger partial charge in [0.1, 0.15) is 11.6 Å². The standard InChI is InChI=1S/C19H23FN4O2/c20-17-5-3-15(4-6-17)7-9-22-19(25)23-14-16-2-1-8-21-18(16)24-10-12-26-13-11-24/h1-6,8H,7,9-14H2,(H2,22,23,25). The third-order valence-electron chi connectivity index (χ3n) is 4.23. The van der Waals surface area contributed by atoms with Crippen LogP contribution in [-0.2, 0) is 17.7 Å². The maximum absolute atomic E-state index is 12.9. The molecule has 1 aliphatic rings. The summed E-state index contributed by atoms with van der Waals surface area (Å²) in [6.07, 6.45) is 2.41. The summed E-state index contributed by atoms with van der Waals surface area (Å²) in [5, 5.41) is 5.68. The molecule has 7 heteroatoms. The molecule has 2 aromatic rings. The fraction of sp³-hybridized carbons (Fsp3) is 0.368. The lowest BCUT2D eigenvalue weighted by molar-refractivity contribution is 0.122. The molecule has 0 aliphatic carbocycles. The molecular formula is C19H23FN4O2. The smallest absolute Gasteiger partial charge is 0.315 e. The molecule has 1 saturated heterocycles. The zero-order valence-corrected chi connectivity index (χ0v) is 14.6. The lowest BCUT2D eigenvalue weighted by atomic mass is 10.1. The Morgan fingerprint density at radius 1 is 1.15 bits per heavy atom. The first-order valence-corrected chi connectivity index (χ1v) is 8.75. The maximum Gasteiger partial charge on any atom is 0.315 e. The first-order valence-electron chi connectivity index (χ1n) is 8.75. The Kier molecular flexibility index (Phi) is 6.38. The Morgan fingerprint density at radius 2 is 1.92 bits per heavy atom. The predicted octanol–water partition coefficient (Wildman–Crippen LogP) is 2.10. The third-order valence-corrected chi connectivity index (χ3v) is 4.23. The number of benzene rings is 1. The number of urea groups is 1. The van der Waals surface area contributed by atoms with Gasteiger partial charge in [-0.25, -0.2) is 14.2 Å². The molecule has 1 aromatic carbocycles. The van der Waals surface area contributed by atoms with E-state index in [0.717, 1.165) is 30.0 Å². The van der Waals surface area contributed by atoms with Crippen LogP contribution in [0.15, 0.2) is 42.6 Å². The highest BCUT2D eigenvalue weighted by molar-refractivity contribution is 5.74. The van der Waals surface area contributed by atoms with E-state index in [1.165, 1.54) is 12.1 Å². The van der Waals surface area contributed by atoms with Gasteiger partial charge in [0.2, 0.25) is 0 Å². The number of hydrogen-bond donors (Lipinski definition) is 2. The van der Waals surface area contributed by atoms with Gasteiger partial charge in [0.25, 0.3) is 0 Å². The van der Waals surface area contributed by atoms with Crippen LogP contribution in [0.3, 0.4) is 0 Å². The Morgan fingerprint density at radius 3 is 2.69 bits per heavy atom. The van der Waals surface area contributed by atoms with Crippen molar-refractivity contribution in [1.82, 2.24) is 15.6 Å². The van der Waals surface area contributed by atoms with Crippen LogP contribution in [0.4, 0.5) is 15.0 Å². The number of carbonyl (C=O) groups excluding carboxylic acids is 1. The van der Waals surface area contributed by atoms with Crippen molar-refractivity contribution in [3.63, 3.8) is 0 Å². The summed E-state index contributed by atoms with van der Waals surface area (Å²) in [7, 11) is 0. The van der Waals surface area contributed by atoms with E-state index in [1.807, 2.05) is 12.1 Å². The number of nitrogens with one attached hydrogen (secondary N) is 2. The third kappa shape index (κ3) is 5.16. The Hall–Kier alpha value is -2.67. The van der Waals surface area contributed by atoms with E-state index in [-0.39, 0.29) is 11.8 Å². The molecular weight excluding hydrogens is 335 g/mol.